The molecule has 0 heterocycles. The lowest BCUT2D eigenvalue weighted by Gasteiger charge is -2.18. The monoisotopic (exact) mass is 987 g/mol. The summed E-state index contributed by atoms with van der Waals surface area (Å²) in [5.74, 6) is -1.02. The number of carbonyl (C=O) groups is 3. The van der Waals surface area contributed by atoms with Crippen molar-refractivity contribution in [2.75, 3.05) is 13.2 Å². The number of hydrogen-bond donors (Lipinski definition) is 0. The van der Waals surface area contributed by atoms with Crippen molar-refractivity contribution in [2.45, 2.75) is 284 Å². The zero-order chi connectivity index (χ0) is 51.4. The fourth-order valence-corrected chi connectivity index (χ4v) is 8.14. The number of allylic oxidation sites excluding steroid dienone is 16. The van der Waals surface area contributed by atoms with Crippen molar-refractivity contribution in [3.8, 4) is 0 Å². The maximum atomic E-state index is 12.9. The van der Waals surface area contributed by atoms with Gasteiger partial charge in [-0.05, 0) is 89.9 Å². The van der Waals surface area contributed by atoms with E-state index in [1.807, 2.05) is 0 Å². The minimum Gasteiger partial charge on any atom is -0.462 e. The predicted molar refractivity (Wildman–Crippen MR) is 307 cm³/mol. The number of ether oxygens (including phenoxy) is 3. The van der Waals surface area contributed by atoms with Crippen LogP contribution in [0.1, 0.15) is 278 Å². The molecule has 0 aromatic rings. The Labute approximate surface area is 438 Å². The second-order valence-corrected chi connectivity index (χ2v) is 19.5. The minimum absolute atomic E-state index is 0.120. The van der Waals surface area contributed by atoms with Gasteiger partial charge in [-0.15, -0.1) is 0 Å². The third-order valence-corrected chi connectivity index (χ3v) is 12.6. The molecule has 0 spiro atoms. The second-order valence-electron chi connectivity index (χ2n) is 19.5. The summed E-state index contributed by atoms with van der Waals surface area (Å²) < 4.78 is 16.8. The standard InChI is InChI=1S/C65H110O6/c1-4-7-10-13-16-19-22-25-28-31-32-35-38-41-44-47-50-53-56-59-65(68)71-62(60-69-63(66)57-54-51-48-45-42-39-36-33-29-26-23-20-17-14-11-8-5-2)61-70-64(67)58-55-52-49-46-43-40-37-34-30-27-24-21-18-15-12-9-6-3/h8,11,17,20,26-27,29-30,36-37,39-40,45-46,48-49,62H,4-7,9-10,12-16,18-19,21-25,28,31-35,38,41-44,47,50-61H2,1-3H3/b11-8-,20-17-,29-26-,30-27-,39-36-,40-37-,48-45-,49-46-/t62-/m1/s1. The van der Waals surface area contributed by atoms with Crippen LogP contribution in [0, 0.1) is 0 Å². The largest absolute Gasteiger partial charge is 0.462 e. The summed E-state index contributed by atoms with van der Waals surface area (Å²) in [6.45, 7) is 6.45. The Bertz CT molecular complexity index is 1410. The van der Waals surface area contributed by atoms with E-state index in [9.17, 15) is 14.4 Å². The summed E-state index contributed by atoms with van der Waals surface area (Å²) in [6.07, 6.45) is 78.4. The van der Waals surface area contributed by atoms with Crippen molar-refractivity contribution in [3.63, 3.8) is 0 Å². The normalized spacial score (nSPS) is 12.8. The van der Waals surface area contributed by atoms with E-state index >= 15 is 0 Å². The molecular weight excluding hydrogens is 877 g/mol. The zero-order valence-electron chi connectivity index (χ0n) is 46.5. The molecule has 0 aromatic carbocycles. The number of esters is 3. The van der Waals surface area contributed by atoms with Gasteiger partial charge in [-0.25, -0.2) is 0 Å². The highest BCUT2D eigenvalue weighted by Crippen LogP contribution is 2.16. The molecule has 71 heavy (non-hydrogen) atoms. The second kappa shape index (κ2) is 58.9. The Balaban J connectivity index is 4.51. The molecule has 0 rings (SSSR count). The average Bonchev–Trinajstić information content (AvgIpc) is 3.37. The number of rotatable bonds is 53. The number of carbonyl (C=O) groups excluding carboxylic acids is 3. The molecule has 0 saturated heterocycles. The molecule has 0 aliphatic rings. The van der Waals surface area contributed by atoms with Crippen molar-refractivity contribution in [3.05, 3.63) is 97.2 Å². The first-order valence-electron chi connectivity index (χ1n) is 29.7. The molecule has 0 saturated carbocycles. The molecule has 0 aliphatic carbocycles. The third kappa shape index (κ3) is 57.1. The van der Waals surface area contributed by atoms with Crippen LogP contribution < -0.4 is 0 Å². The molecule has 6 heteroatoms. The fourth-order valence-electron chi connectivity index (χ4n) is 8.14. The quantitative estimate of drug-likeness (QED) is 0.0261. The maximum Gasteiger partial charge on any atom is 0.306 e. The summed E-state index contributed by atoms with van der Waals surface area (Å²) >= 11 is 0. The molecular formula is C65H110O6. The molecule has 1 atom stereocenters. The van der Waals surface area contributed by atoms with Crippen LogP contribution in [0.4, 0.5) is 0 Å². The summed E-state index contributed by atoms with van der Waals surface area (Å²) in [6, 6.07) is 0. The van der Waals surface area contributed by atoms with Crippen LogP contribution in [-0.4, -0.2) is 37.2 Å². The Morgan fingerprint density at radius 1 is 0.296 bits per heavy atom. The highest BCUT2D eigenvalue weighted by Gasteiger charge is 2.19. The summed E-state index contributed by atoms with van der Waals surface area (Å²) in [5.41, 5.74) is 0. The van der Waals surface area contributed by atoms with E-state index in [-0.39, 0.29) is 44.0 Å². The molecule has 0 fully saturated rings. The van der Waals surface area contributed by atoms with Gasteiger partial charge in [0.05, 0.1) is 0 Å². The fraction of sp³-hybridized carbons (Fsp3) is 0.708. The molecule has 6 nitrogen and oxygen atoms in total. The first-order chi connectivity index (χ1) is 35.0. The van der Waals surface area contributed by atoms with Gasteiger partial charge < -0.3 is 14.2 Å². The van der Waals surface area contributed by atoms with Crippen molar-refractivity contribution in [2.24, 2.45) is 0 Å². The SMILES string of the molecule is CC/C=C\C/C=C\C/C=C\C/C=C\C/C=C\CCCC(=O)OC[C@H](COC(=O)CCC/C=C\C/C=C\C/C=C\CCCCCCCC)OC(=O)CCCCCCCCCCCCCCCCCCCCC. The lowest BCUT2D eigenvalue weighted by atomic mass is 10.0. The van der Waals surface area contributed by atoms with Crippen LogP contribution in [0.2, 0.25) is 0 Å². The highest BCUT2D eigenvalue weighted by molar-refractivity contribution is 5.71. The van der Waals surface area contributed by atoms with Gasteiger partial charge in [0.2, 0.25) is 0 Å². The van der Waals surface area contributed by atoms with E-state index in [2.05, 4.69) is 118 Å². The molecule has 0 amide bonds. The van der Waals surface area contributed by atoms with E-state index in [1.165, 1.54) is 148 Å². The maximum absolute atomic E-state index is 12.9. The van der Waals surface area contributed by atoms with Crippen LogP contribution in [0.25, 0.3) is 0 Å². The Morgan fingerprint density at radius 3 is 0.901 bits per heavy atom. The Kier molecular flexibility index (Phi) is 55.9. The van der Waals surface area contributed by atoms with Crippen LogP contribution in [-0.2, 0) is 28.6 Å². The average molecular weight is 988 g/mol. The van der Waals surface area contributed by atoms with Gasteiger partial charge in [0.1, 0.15) is 13.2 Å². The highest BCUT2D eigenvalue weighted by atomic mass is 16.6. The van der Waals surface area contributed by atoms with Crippen molar-refractivity contribution < 1.29 is 28.6 Å². The summed E-state index contributed by atoms with van der Waals surface area (Å²) in [4.78, 5) is 38.2. The Morgan fingerprint density at radius 2 is 0.563 bits per heavy atom. The van der Waals surface area contributed by atoms with Crippen LogP contribution in [0.5, 0.6) is 0 Å². The first kappa shape index (κ1) is 67.3. The van der Waals surface area contributed by atoms with Gasteiger partial charge in [0.25, 0.3) is 0 Å². The van der Waals surface area contributed by atoms with E-state index in [4.69, 9.17) is 14.2 Å². The molecule has 0 aromatic heterocycles. The van der Waals surface area contributed by atoms with Gasteiger partial charge >= 0.3 is 17.9 Å². The van der Waals surface area contributed by atoms with Gasteiger partial charge in [0, 0.05) is 19.3 Å². The minimum atomic E-state index is -0.821. The van der Waals surface area contributed by atoms with Gasteiger partial charge in [-0.1, -0.05) is 266 Å². The van der Waals surface area contributed by atoms with Gasteiger partial charge in [0.15, 0.2) is 6.10 Å². The molecule has 406 valence electrons. The van der Waals surface area contributed by atoms with E-state index in [0.717, 1.165) is 77.0 Å². The van der Waals surface area contributed by atoms with E-state index in [1.54, 1.807) is 0 Å². The predicted octanol–water partition coefficient (Wildman–Crippen LogP) is 20.1. The molecule has 0 unspecified atom stereocenters. The molecule has 0 aliphatic heterocycles. The first-order valence-corrected chi connectivity index (χ1v) is 29.7. The van der Waals surface area contributed by atoms with Crippen LogP contribution in [0.15, 0.2) is 97.2 Å². The molecule has 0 radical (unpaired) electrons. The Hall–Kier alpha value is -3.67. The summed E-state index contributed by atoms with van der Waals surface area (Å²) in [5, 5.41) is 0. The molecule has 0 bridgehead atoms. The van der Waals surface area contributed by atoms with Crippen molar-refractivity contribution in [1.82, 2.24) is 0 Å². The smallest absolute Gasteiger partial charge is 0.306 e. The number of unbranched alkanes of at least 4 members (excludes halogenated alkanes) is 26. The number of hydrogen-bond acceptors (Lipinski definition) is 6. The van der Waals surface area contributed by atoms with Crippen molar-refractivity contribution in [1.29, 1.82) is 0 Å². The molecule has 0 N–H and O–H groups in total. The van der Waals surface area contributed by atoms with Crippen LogP contribution >= 0.6 is 0 Å². The van der Waals surface area contributed by atoms with Crippen molar-refractivity contribution >= 4 is 17.9 Å². The lowest BCUT2D eigenvalue weighted by Crippen LogP contribution is -2.30. The van der Waals surface area contributed by atoms with Crippen LogP contribution in [0.3, 0.4) is 0 Å². The lowest BCUT2D eigenvalue weighted by molar-refractivity contribution is -0.167. The topological polar surface area (TPSA) is 78.9 Å². The van der Waals surface area contributed by atoms with Gasteiger partial charge in [-0.3, -0.25) is 14.4 Å². The zero-order valence-corrected chi connectivity index (χ0v) is 46.5. The summed E-state index contributed by atoms with van der Waals surface area (Å²) in [7, 11) is 0. The van der Waals surface area contributed by atoms with Gasteiger partial charge in [-0.2, -0.15) is 0 Å². The third-order valence-electron chi connectivity index (χ3n) is 12.6. The van der Waals surface area contributed by atoms with E-state index < -0.39 is 6.10 Å². The van der Waals surface area contributed by atoms with E-state index in [0.29, 0.717) is 19.3 Å².